The van der Waals surface area contributed by atoms with Crippen LogP contribution in [0.1, 0.15) is 0 Å². The predicted octanol–water partition coefficient (Wildman–Crippen LogP) is 1.89. The van der Waals surface area contributed by atoms with Gasteiger partial charge in [-0.1, -0.05) is 18.2 Å². The van der Waals surface area contributed by atoms with Crippen LogP contribution in [0, 0.1) is 5.82 Å². The zero-order chi connectivity index (χ0) is 10.8. The molecule has 0 saturated carbocycles. The molecule has 2 N–H and O–H groups in total. The third kappa shape index (κ3) is 1.74. The molecule has 4 heteroatoms. The largest absolute Gasteiger partial charge is 0.507 e. The number of pyridine rings is 1. The van der Waals surface area contributed by atoms with Gasteiger partial charge in [0.1, 0.15) is 11.6 Å². The summed E-state index contributed by atoms with van der Waals surface area (Å²) in [4.78, 5) is 13.2. The van der Waals surface area contributed by atoms with Crippen LogP contribution < -0.4 is 5.56 Å². The van der Waals surface area contributed by atoms with Crippen molar-refractivity contribution in [3.05, 3.63) is 52.7 Å². The highest BCUT2D eigenvalue weighted by molar-refractivity contribution is 5.69. The molecule has 0 radical (unpaired) electrons. The Morgan fingerprint density at radius 2 is 1.93 bits per heavy atom. The van der Waals surface area contributed by atoms with Crippen molar-refractivity contribution < 1.29 is 9.50 Å². The predicted molar refractivity (Wildman–Crippen MR) is 54.1 cm³/mol. The zero-order valence-corrected chi connectivity index (χ0v) is 7.70. The van der Waals surface area contributed by atoms with Crippen molar-refractivity contribution in [3.63, 3.8) is 0 Å². The molecule has 3 nitrogen and oxygen atoms in total. The second-order valence-electron chi connectivity index (χ2n) is 3.08. The van der Waals surface area contributed by atoms with E-state index in [1.54, 1.807) is 12.1 Å². The molecule has 0 spiro atoms. The minimum atomic E-state index is -0.445. The Labute approximate surface area is 84.8 Å². The molecular formula is C11H8FNO2. The topological polar surface area (TPSA) is 53.1 Å². The summed E-state index contributed by atoms with van der Waals surface area (Å²) in [6, 6.07) is 7.05. The summed E-state index contributed by atoms with van der Waals surface area (Å²) in [5.74, 6) is -0.677. The summed E-state index contributed by atoms with van der Waals surface area (Å²) in [6.45, 7) is 0. The van der Waals surface area contributed by atoms with Gasteiger partial charge in [0, 0.05) is 23.4 Å². The number of benzene rings is 1. The quantitative estimate of drug-likeness (QED) is 0.746. The van der Waals surface area contributed by atoms with Gasteiger partial charge in [-0.3, -0.25) is 4.79 Å². The molecule has 1 heterocycles. The van der Waals surface area contributed by atoms with E-state index in [-0.39, 0.29) is 16.9 Å². The summed E-state index contributed by atoms with van der Waals surface area (Å²) in [7, 11) is 0. The van der Waals surface area contributed by atoms with Crippen molar-refractivity contribution in [2.24, 2.45) is 0 Å². The van der Waals surface area contributed by atoms with Crippen LogP contribution in [0.5, 0.6) is 5.75 Å². The fourth-order valence-electron chi connectivity index (χ4n) is 1.36. The number of aromatic hydroxyl groups is 1. The van der Waals surface area contributed by atoms with E-state index in [4.69, 9.17) is 0 Å². The van der Waals surface area contributed by atoms with Crippen LogP contribution in [0.3, 0.4) is 0 Å². The molecule has 0 atom stereocenters. The molecule has 1 aromatic carbocycles. The van der Waals surface area contributed by atoms with Gasteiger partial charge in [-0.05, 0) is 6.07 Å². The van der Waals surface area contributed by atoms with Gasteiger partial charge in [0.25, 0.3) is 5.56 Å². The third-order valence-electron chi connectivity index (χ3n) is 2.07. The Morgan fingerprint density at radius 3 is 2.60 bits per heavy atom. The Hall–Kier alpha value is -2.10. The summed E-state index contributed by atoms with van der Waals surface area (Å²) in [6.07, 6.45) is 1.29. The van der Waals surface area contributed by atoms with Gasteiger partial charge in [0.05, 0.1) is 0 Å². The van der Waals surface area contributed by atoms with Crippen molar-refractivity contribution >= 4 is 0 Å². The molecule has 2 rings (SSSR count). The maximum Gasteiger partial charge on any atom is 0.251 e. The normalized spacial score (nSPS) is 10.2. The Morgan fingerprint density at radius 1 is 1.20 bits per heavy atom. The molecule has 1 aromatic heterocycles. The van der Waals surface area contributed by atoms with Crippen molar-refractivity contribution in [2.75, 3.05) is 0 Å². The van der Waals surface area contributed by atoms with Crippen LogP contribution in [-0.4, -0.2) is 10.1 Å². The maximum absolute atomic E-state index is 13.4. The lowest BCUT2D eigenvalue weighted by Gasteiger charge is -2.04. The zero-order valence-electron chi connectivity index (χ0n) is 7.70. The van der Waals surface area contributed by atoms with E-state index in [0.717, 1.165) is 6.07 Å². The monoisotopic (exact) mass is 205 g/mol. The lowest BCUT2D eigenvalue weighted by Crippen LogP contribution is -2.02. The minimum absolute atomic E-state index is 0.233. The van der Waals surface area contributed by atoms with Crippen molar-refractivity contribution in [2.45, 2.75) is 0 Å². The smallest absolute Gasteiger partial charge is 0.251 e. The molecule has 2 aromatic rings. The van der Waals surface area contributed by atoms with E-state index in [2.05, 4.69) is 4.98 Å². The molecule has 0 unspecified atom stereocenters. The van der Waals surface area contributed by atoms with E-state index >= 15 is 0 Å². The second kappa shape index (κ2) is 3.57. The highest BCUT2D eigenvalue weighted by Gasteiger charge is 2.08. The highest BCUT2D eigenvalue weighted by atomic mass is 19.1. The van der Waals surface area contributed by atoms with Crippen LogP contribution in [0.4, 0.5) is 4.39 Å². The fraction of sp³-hybridized carbons (Fsp3) is 0. The SMILES string of the molecule is O=c1cc(O)c(-c2ccccc2F)c[nH]1. The van der Waals surface area contributed by atoms with Gasteiger partial charge in [0.15, 0.2) is 0 Å². The van der Waals surface area contributed by atoms with Crippen LogP contribution >= 0.6 is 0 Å². The number of aromatic nitrogens is 1. The Kier molecular flexibility index (Phi) is 2.25. The van der Waals surface area contributed by atoms with Crippen LogP contribution in [-0.2, 0) is 0 Å². The molecular weight excluding hydrogens is 197 g/mol. The lowest BCUT2D eigenvalue weighted by atomic mass is 10.1. The van der Waals surface area contributed by atoms with Crippen LogP contribution in [0.25, 0.3) is 11.1 Å². The number of hydrogen-bond acceptors (Lipinski definition) is 2. The number of aromatic amines is 1. The van der Waals surface area contributed by atoms with Gasteiger partial charge >= 0.3 is 0 Å². The molecule has 0 aliphatic rings. The van der Waals surface area contributed by atoms with E-state index in [9.17, 15) is 14.3 Å². The summed E-state index contributed by atoms with van der Waals surface area (Å²) in [5.41, 5.74) is 0.103. The number of rotatable bonds is 1. The van der Waals surface area contributed by atoms with Gasteiger partial charge in [-0.2, -0.15) is 0 Å². The summed E-state index contributed by atoms with van der Waals surface area (Å²) in [5, 5.41) is 9.48. The molecule has 0 fully saturated rings. The van der Waals surface area contributed by atoms with Crippen molar-refractivity contribution in [1.29, 1.82) is 0 Å². The minimum Gasteiger partial charge on any atom is -0.507 e. The molecule has 76 valence electrons. The molecule has 0 aliphatic heterocycles. The van der Waals surface area contributed by atoms with E-state index in [1.807, 2.05) is 0 Å². The fourth-order valence-corrected chi connectivity index (χ4v) is 1.36. The van der Waals surface area contributed by atoms with Gasteiger partial charge in [-0.25, -0.2) is 4.39 Å². The highest BCUT2D eigenvalue weighted by Crippen LogP contribution is 2.28. The maximum atomic E-state index is 13.4. The molecule has 15 heavy (non-hydrogen) atoms. The number of halogens is 1. The first-order chi connectivity index (χ1) is 7.18. The van der Waals surface area contributed by atoms with E-state index < -0.39 is 11.4 Å². The first-order valence-electron chi connectivity index (χ1n) is 4.35. The average molecular weight is 205 g/mol. The summed E-state index contributed by atoms with van der Waals surface area (Å²) >= 11 is 0. The van der Waals surface area contributed by atoms with Crippen molar-refractivity contribution in [1.82, 2.24) is 4.98 Å². The number of H-pyrrole nitrogens is 1. The van der Waals surface area contributed by atoms with Gasteiger partial charge in [-0.15, -0.1) is 0 Å². The first-order valence-corrected chi connectivity index (χ1v) is 4.35. The number of nitrogens with one attached hydrogen (secondary N) is 1. The standard InChI is InChI=1S/C11H8FNO2/c12-9-4-2-1-3-7(9)8-6-13-11(15)5-10(8)14/h1-6H,(H2,13,14,15). The third-order valence-corrected chi connectivity index (χ3v) is 2.07. The van der Waals surface area contributed by atoms with Crippen LogP contribution in [0.2, 0.25) is 0 Å². The molecule has 0 bridgehead atoms. The molecule has 0 aliphatic carbocycles. The first kappa shape index (κ1) is 9.45. The Bertz CT molecular complexity index is 548. The summed E-state index contributed by atoms with van der Waals surface area (Å²) < 4.78 is 13.4. The van der Waals surface area contributed by atoms with E-state index in [0.29, 0.717) is 0 Å². The van der Waals surface area contributed by atoms with Crippen molar-refractivity contribution in [3.8, 4) is 16.9 Å². The Balaban J connectivity index is 2.65. The number of hydrogen-bond donors (Lipinski definition) is 2. The molecule has 0 amide bonds. The second-order valence-corrected chi connectivity index (χ2v) is 3.08. The van der Waals surface area contributed by atoms with Gasteiger partial charge < -0.3 is 10.1 Å². The molecule has 0 saturated heterocycles. The van der Waals surface area contributed by atoms with E-state index in [1.165, 1.54) is 18.3 Å². The average Bonchev–Trinajstić information content (AvgIpc) is 2.20. The van der Waals surface area contributed by atoms with Crippen LogP contribution in [0.15, 0.2) is 41.3 Å². The van der Waals surface area contributed by atoms with Gasteiger partial charge in [0.2, 0.25) is 0 Å². The lowest BCUT2D eigenvalue weighted by molar-refractivity contribution is 0.475.